The number of anilines is 1. The highest BCUT2D eigenvalue weighted by molar-refractivity contribution is 6.30. The molecule has 27 heavy (non-hydrogen) atoms. The number of aromatic nitrogens is 1. The zero-order chi connectivity index (χ0) is 19.2. The van der Waals surface area contributed by atoms with Gasteiger partial charge >= 0.3 is 6.09 Å². The van der Waals surface area contributed by atoms with E-state index in [-0.39, 0.29) is 12.3 Å². The van der Waals surface area contributed by atoms with Crippen LogP contribution in [0.5, 0.6) is 0 Å². The van der Waals surface area contributed by atoms with Crippen LogP contribution in [0, 0.1) is 0 Å². The van der Waals surface area contributed by atoms with Crippen molar-refractivity contribution in [2.45, 2.75) is 12.5 Å². The molecule has 0 saturated carbocycles. The van der Waals surface area contributed by atoms with E-state index in [4.69, 9.17) is 22.1 Å². The summed E-state index contributed by atoms with van der Waals surface area (Å²) in [5.74, 6) is 0.817. The Kier molecular flexibility index (Phi) is 6.13. The second kappa shape index (κ2) is 8.73. The Morgan fingerprint density at radius 2 is 1.81 bits per heavy atom. The number of carbonyl (C=O) groups excluding carboxylic acids is 2. The fourth-order valence-corrected chi connectivity index (χ4v) is 3.18. The summed E-state index contributed by atoms with van der Waals surface area (Å²) in [5.41, 5.74) is 5.85. The van der Waals surface area contributed by atoms with Crippen LogP contribution in [-0.4, -0.2) is 48.1 Å². The summed E-state index contributed by atoms with van der Waals surface area (Å²) in [6, 6.07) is 12.6. The third-order valence-electron chi connectivity index (χ3n) is 4.47. The summed E-state index contributed by atoms with van der Waals surface area (Å²) in [5, 5.41) is 0.563. The van der Waals surface area contributed by atoms with Crippen LogP contribution in [-0.2, 0) is 9.53 Å². The first kappa shape index (κ1) is 19.0. The van der Waals surface area contributed by atoms with Crippen molar-refractivity contribution < 1.29 is 14.3 Å². The molecule has 0 bridgehead atoms. The number of benzene rings is 1. The summed E-state index contributed by atoms with van der Waals surface area (Å²) in [6.45, 7) is 2.56. The summed E-state index contributed by atoms with van der Waals surface area (Å²) >= 11 is 5.90. The molecule has 0 aliphatic carbocycles. The zero-order valence-electron chi connectivity index (χ0n) is 14.8. The standard InChI is InChI=1S/C19H21ClN4O3/c20-15-6-4-14(5-7-15)16(27-19(21)26)13-18(25)24-11-9-23(10-12-24)17-3-1-2-8-22-17/h1-8,16H,9-13H2,(H2,21,26). The molecule has 1 fully saturated rings. The molecule has 1 aromatic carbocycles. The van der Waals surface area contributed by atoms with Crippen LogP contribution < -0.4 is 10.6 Å². The maximum atomic E-state index is 12.7. The zero-order valence-corrected chi connectivity index (χ0v) is 15.5. The van der Waals surface area contributed by atoms with E-state index in [0.717, 1.165) is 5.82 Å². The minimum absolute atomic E-state index is 0.0359. The van der Waals surface area contributed by atoms with Gasteiger partial charge < -0.3 is 20.3 Å². The van der Waals surface area contributed by atoms with Gasteiger partial charge in [0.1, 0.15) is 11.9 Å². The molecular formula is C19H21ClN4O3. The molecule has 0 spiro atoms. The largest absolute Gasteiger partial charge is 0.441 e. The van der Waals surface area contributed by atoms with Crippen LogP contribution in [0.25, 0.3) is 0 Å². The van der Waals surface area contributed by atoms with Gasteiger partial charge in [0, 0.05) is 37.4 Å². The lowest BCUT2D eigenvalue weighted by Crippen LogP contribution is -2.49. The van der Waals surface area contributed by atoms with Gasteiger partial charge in [-0.2, -0.15) is 0 Å². The molecule has 1 aliphatic heterocycles. The Balaban J connectivity index is 1.61. The van der Waals surface area contributed by atoms with Gasteiger partial charge in [0.05, 0.1) is 6.42 Å². The molecule has 1 aliphatic rings. The van der Waals surface area contributed by atoms with Gasteiger partial charge in [-0.15, -0.1) is 0 Å². The van der Waals surface area contributed by atoms with Gasteiger partial charge in [-0.3, -0.25) is 4.79 Å². The van der Waals surface area contributed by atoms with E-state index in [2.05, 4.69) is 9.88 Å². The van der Waals surface area contributed by atoms with Crippen LogP contribution in [0.2, 0.25) is 5.02 Å². The van der Waals surface area contributed by atoms with Gasteiger partial charge in [0.15, 0.2) is 0 Å². The van der Waals surface area contributed by atoms with Crippen LogP contribution in [0.3, 0.4) is 0 Å². The Morgan fingerprint density at radius 1 is 1.11 bits per heavy atom. The molecular weight excluding hydrogens is 368 g/mol. The summed E-state index contributed by atoms with van der Waals surface area (Å²) < 4.78 is 5.16. The molecule has 2 amide bonds. The second-order valence-corrected chi connectivity index (χ2v) is 6.67. The Bertz CT molecular complexity index is 777. The summed E-state index contributed by atoms with van der Waals surface area (Å²) in [7, 11) is 0. The number of hydrogen-bond donors (Lipinski definition) is 1. The van der Waals surface area contributed by atoms with Crippen molar-refractivity contribution in [2.24, 2.45) is 5.73 Å². The Labute approximate surface area is 162 Å². The Hall–Kier alpha value is -2.80. The molecule has 7 nitrogen and oxygen atoms in total. The van der Waals surface area contributed by atoms with E-state index in [1.165, 1.54) is 0 Å². The van der Waals surface area contributed by atoms with Gasteiger partial charge in [0.2, 0.25) is 5.91 Å². The molecule has 1 unspecified atom stereocenters. The van der Waals surface area contributed by atoms with Crippen molar-refractivity contribution in [1.82, 2.24) is 9.88 Å². The fraction of sp³-hybridized carbons (Fsp3) is 0.316. The first-order valence-corrected chi connectivity index (χ1v) is 9.06. The molecule has 2 N–H and O–H groups in total. The first-order valence-electron chi connectivity index (χ1n) is 8.68. The number of nitrogens with two attached hydrogens (primary N) is 1. The number of halogens is 1. The Morgan fingerprint density at radius 3 is 2.41 bits per heavy atom. The fourth-order valence-electron chi connectivity index (χ4n) is 3.06. The molecule has 0 radical (unpaired) electrons. The topological polar surface area (TPSA) is 88.8 Å². The van der Waals surface area contributed by atoms with E-state index < -0.39 is 12.2 Å². The lowest BCUT2D eigenvalue weighted by molar-refractivity contribution is -0.133. The highest BCUT2D eigenvalue weighted by atomic mass is 35.5. The minimum Gasteiger partial charge on any atom is -0.441 e. The van der Waals surface area contributed by atoms with E-state index in [0.29, 0.717) is 36.8 Å². The van der Waals surface area contributed by atoms with Gasteiger partial charge in [0.25, 0.3) is 0 Å². The van der Waals surface area contributed by atoms with E-state index in [1.807, 2.05) is 18.2 Å². The number of primary amides is 1. The highest BCUT2D eigenvalue weighted by Gasteiger charge is 2.26. The molecule has 2 aromatic rings. The second-order valence-electron chi connectivity index (χ2n) is 6.24. The predicted octanol–water partition coefficient (Wildman–Crippen LogP) is 2.61. The number of ether oxygens (including phenoxy) is 1. The van der Waals surface area contributed by atoms with Crippen LogP contribution >= 0.6 is 11.6 Å². The molecule has 1 saturated heterocycles. The van der Waals surface area contributed by atoms with E-state index >= 15 is 0 Å². The van der Waals surface area contributed by atoms with Crippen LogP contribution in [0.4, 0.5) is 10.6 Å². The average molecular weight is 389 g/mol. The van der Waals surface area contributed by atoms with Gasteiger partial charge in [-0.05, 0) is 29.8 Å². The van der Waals surface area contributed by atoms with Crippen molar-refractivity contribution in [3.8, 4) is 0 Å². The SMILES string of the molecule is NC(=O)OC(CC(=O)N1CCN(c2ccccn2)CC1)c1ccc(Cl)cc1. The van der Waals surface area contributed by atoms with E-state index in [9.17, 15) is 9.59 Å². The van der Waals surface area contributed by atoms with Crippen molar-refractivity contribution in [3.63, 3.8) is 0 Å². The quantitative estimate of drug-likeness (QED) is 0.850. The molecule has 142 valence electrons. The lowest BCUT2D eigenvalue weighted by Gasteiger charge is -2.36. The maximum Gasteiger partial charge on any atom is 0.405 e. The number of rotatable bonds is 5. The summed E-state index contributed by atoms with van der Waals surface area (Å²) in [4.78, 5) is 32.2. The molecule has 8 heteroatoms. The van der Waals surface area contributed by atoms with Crippen LogP contribution in [0.1, 0.15) is 18.1 Å². The highest BCUT2D eigenvalue weighted by Crippen LogP contribution is 2.24. The number of hydrogen-bond acceptors (Lipinski definition) is 5. The van der Waals surface area contributed by atoms with Crippen molar-refractivity contribution in [3.05, 3.63) is 59.2 Å². The van der Waals surface area contributed by atoms with Crippen molar-refractivity contribution in [2.75, 3.05) is 31.1 Å². The number of amides is 2. The third-order valence-corrected chi connectivity index (χ3v) is 4.72. The smallest absolute Gasteiger partial charge is 0.405 e. The van der Waals surface area contributed by atoms with Gasteiger partial charge in [-0.25, -0.2) is 9.78 Å². The molecule has 3 rings (SSSR count). The predicted molar refractivity (Wildman–Crippen MR) is 103 cm³/mol. The number of nitrogens with zero attached hydrogens (tertiary/aromatic N) is 3. The van der Waals surface area contributed by atoms with E-state index in [1.54, 1.807) is 35.4 Å². The summed E-state index contributed by atoms with van der Waals surface area (Å²) in [6.07, 6.45) is 0.141. The normalized spacial score (nSPS) is 15.3. The third kappa shape index (κ3) is 5.10. The minimum atomic E-state index is -0.914. The molecule has 1 atom stereocenters. The maximum absolute atomic E-state index is 12.7. The monoisotopic (exact) mass is 388 g/mol. The number of piperazine rings is 1. The van der Waals surface area contributed by atoms with Crippen molar-refractivity contribution >= 4 is 29.4 Å². The van der Waals surface area contributed by atoms with Crippen LogP contribution in [0.15, 0.2) is 48.7 Å². The first-order chi connectivity index (χ1) is 13.0. The van der Waals surface area contributed by atoms with Crippen molar-refractivity contribution in [1.29, 1.82) is 0 Å². The number of carbonyl (C=O) groups is 2. The average Bonchev–Trinajstić information content (AvgIpc) is 2.68. The molecule has 2 heterocycles. The number of pyridine rings is 1. The lowest BCUT2D eigenvalue weighted by atomic mass is 10.1. The van der Waals surface area contributed by atoms with Gasteiger partial charge in [-0.1, -0.05) is 29.8 Å². The molecule has 1 aromatic heterocycles.